The minimum Gasteiger partial charge on any atom is -0.492 e. The molecule has 3 rings (SSSR count). The highest BCUT2D eigenvalue weighted by molar-refractivity contribution is 6.32. The second-order valence-electron chi connectivity index (χ2n) is 5.61. The summed E-state index contributed by atoms with van der Waals surface area (Å²) >= 11 is 6.26. The molecule has 0 spiro atoms. The molecule has 0 amide bonds. The first-order chi connectivity index (χ1) is 11.6. The van der Waals surface area contributed by atoms with E-state index in [4.69, 9.17) is 16.3 Å². The van der Waals surface area contributed by atoms with Gasteiger partial charge in [0.25, 0.3) is 5.56 Å². The molecule has 0 unspecified atom stereocenters. The highest BCUT2D eigenvalue weighted by atomic mass is 35.5. The Morgan fingerprint density at radius 1 is 1.12 bits per heavy atom. The Hall–Kier alpha value is -1.48. The van der Waals surface area contributed by atoms with E-state index in [0.717, 1.165) is 10.9 Å². The standard InChI is InChI=1S/C16H18ClNO2.2C2H6/c1-10-6-12-7-13(17)15(8-14(12)18-16(10)19)20-9-11-4-2-3-5-11;2*1-2/h6-8,11H,2-5,9H2,1H3,(H,18,19);2*1-2H3. The fraction of sp³-hybridized carbons (Fsp3) is 0.550. The van der Waals surface area contributed by atoms with Crippen molar-refractivity contribution in [1.82, 2.24) is 4.98 Å². The third kappa shape index (κ3) is 5.27. The third-order valence-corrected chi connectivity index (χ3v) is 4.33. The number of nitrogens with one attached hydrogen (secondary N) is 1. The number of aryl methyl sites for hydroxylation is 1. The minimum absolute atomic E-state index is 0.0680. The molecule has 4 heteroatoms. The molecule has 1 saturated carbocycles. The summed E-state index contributed by atoms with van der Waals surface area (Å²) in [6, 6.07) is 5.53. The quantitative estimate of drug-likeness (QED) is 0.724. The predicted octanol–water partition coefficient (Wildman–Crippen LogP) is 6.11. The average molecular weight is 352 g/mol. The van der Waals surface area contributed by atoms with Crippen LogP contribution in [0.5, 0.6) is 5.75 Å². The first-order valence-electron chi connectivity index (χ1n) is 9.09. The van der Waals surface area contributed by atoms with Crippen LogP contribution < -0.4 is 10.3 Å². The first kappa shape index (κ1) is 20.6. The van der Waals surface area contributed by atoms with Crippen LogP contribution in [-0.4, -0.2) is 11.6 Å². The van der Waals surface area contributed by atoms with Gasteiger partial charge in [-0.05, 0) is 37.8 Å². The van der Waals surface area contributed by atoms with E-state index in [9.17, 15) is 4.79 Å². The topological polar surface area (TPSA) is 42.1 Å². The van der Waals surface area contributed by atoms with Crippen molar-refractivity contribution in [3.05, 3.63) is 39.1 Å². The summed E-state index contributed by atoms with van der Waals surface area (Å²) in [7, 11) is 0. The number of halogens is 1. The maximum absolute atomic E-state index is 11.7. The number of H-pyrrole nitrogens is 1. The molecule has 1 fully saturated rings. The summed E-state index contributed by atoms with van der Waals surface area (Å²) in [4.78, 5) is 14.5. The second kappa shape index (κ2) is 10.4. The minimum atomic E-state index is -0.0680. The van der Waals surface area contributed by atoms with Gasteiger partial charge in [-0.3, -0.25) is 4.79 Å². The van der Waals surface area contributed by atoms with E-state index in [-0.39, 0.29) is 5.56 Å². The van der Waals surface area contributed by atoms with Crippen LogP contribution in [0.25, 0.3) is 10.9 Å². The molecule has 1 aliphatic rings. The molecule has 1 heterocycles. The SMILES string of the molecule is CC.CC.Cc1cc2cc(Cl)c(OCC3CCCC3)cc2[nH]c1=O. The molecular weight excluding hydrogens is 322 g/mol. The molecule has 0 saturated heterocycles. The summed E-state index contributed by atoms with van der Waals surface area (Å²) < 4.78 is 5.84. The van der Waals surface area contributed by atoms with E-state index in [1.165, 1.54) is 25.7 Å². The van der Waals surface area contributed by atoms with Crippen molar-refractivity contribution >= 4 is 22.5 Å². The van der Waals surface area contributed by atoms with E-state index >= 15 is 0 Å². The number of hydrogen-bond acceptors (Lipinski definition) is 2. The van der Waals surface area contributed by atoms with Crippen LogP contribution >= 0.6 is 11.6 Å². The highest BCUT2D eigenvalue weighted by Gasteiger charge is 2.16. The van der Waals surface area contributed by atoms with Crippen LogP contribution in [0.4, 0.5) is 0 Å². The lowest BCUT2D eigenvalue weighted by Gasteiger charge is -2.13. The van der Waals surface area contributed by atoms with Crippen molar-refractivity contribution in [2.24, 2.45) is 5.92 Å². The molecule has 134 valence electrons. The van der Waals surface area contributed by atoms with Crippen molar-refractivity contribution < 1.29 is 4.74 Å². The van der Waals surface area contributed by atoms with Crippen molar-refractivity contribution in [2.75, 3.05) is 6.61 Å². The Morgan fingerprint density at radius 2 is 1.75 bits per heavy atom. The van der Waals surface area contributed by atoms with Gasteiger partial charge in [0.15, 0.2) is 0 Å². The normalized spacial score (nSPS) is 13.8. The van der Waals surface area contributed by atoms with E-state index in [1.54, 1.807) is 6.92 Å². The van der Waals surface area contributed by atoms with Crippen LogP contribution in [-0.2, 0) is 0 Å². The number of fused-ring (bicyclic) bond motifs is 1. The van der Waals surface area contributed by atoms with Gasteiger partial charge in [0.05, 0.1) is 17.1 Å². The molecule has 1 aromatic carbocycles. The molecule has 24 heavy (non-hydrogen) atoms. The Kier molecular flexibility index (Phi) is 8.91. The van der Waals surface area contributed by atoms with Gasteiger partial charge in [0.1, 0.15) is 5.75 Å². The zero-order chi connectivity index (χ0) is 18.1. The van der Waals surface area contributed by atoms with E-state index in [1.807, 2.05) is 45.9 Å². The lowest BCUT2D eigenvalue weighted by molar-refractivity contribution is 0.252. The molecule has 1 aliphatic carbocycles. The van der Waals surface area contributed by atoms with E-state index < -0.39 is 0 Å². The van der Waals surface area contributed by atoms with Crippen LogP contribution in [0, 0.1) is 12.8 Å². The zero-order valence-electron chi connectivity index (χ0n) is 15.5. The second-order valence-corrected chi connectivity index (χ2v) is 6.02. The molecule has 1 N–H and O–H groups in total. The van der Waals surface area contributed by atoms with Gasteiger partial charge in [-0.2, -0.15) is 0 Å². The number of ether oxygens (including phenoxy) is 1. The van der Waals surface area contributed by atoms with Crippen LogP contribution in [0.15, 0.2) is 23.0 Å². The van der Waals surface area contributed by atoms with Crippen LogP contribution in [0.3, 0.4) is 0 Å². The number of hydrogen-bond donors (Lipinski definition) is 1. The van der Waals surface area contributed by atoms with Crippen molar-refractivity contribution in [3.8, 4) is 5.75 Å². The Labute approximate surface area is 150 Å². The zero-order valence-corrected chi connectivity index (χ0v) is 16.3. The van der Waals surface area contributed by atoms with Crippen molar-refractivity contribution in [3.63, 3.8) is 0 Å². The number of aromatic nitrogens is 1. The fourth-order valence-corrected chi connectivity index (χ4v) is 3.04. The smallest absolute Gasteiger partial charge is 0.251 e. The number of pyridine rings is 1. The number of rotatable bonds is 3. The van der Waals surface area contributed by atoms with Gasteiger partial charge < -0.3 is 9.72 Å². The van der Waals surface area contributed by atoms with Gasteiger partial charge in [-0.1, -0.05) is 52.1 Å². The van der Waals surface area contributed by atoms with E-state index in [2.05, 4.69) is 4.98 Å². The van der Waals surface area contributed by atoms with Gasteiger partial charge in [0, 0.05) is 17.0 Å². The molecule has 0 atom stereocenters. The summed E-state index contributed by atoms with van der Waals surface area (Å²) in [5.41, 5.74) is 1.39. The van der Waals surface area contributed by atoms with Gasteiger partial charge in [-0.15, -0.1) is 0 Å². The molecule has 3 nitrogen and oxygen atoms in total. The van der Waals surface area contributed by atoms with E-state index in [0.29, 0.717) is 28.9 Å². The number of benzene rings is 1. The Balaban J connectivity index is 0.000000671. The molecule has 0 aliphatic heterocycles. The van der Waals surface area contributed by atoms with Gasteiger partial charge in [0.2, 0.25) is 0 Å². The molecular formula is C20H30ClNO2. The van der Waals surface area contributed by atoms with Crippen molar-refractivity contribution in [2.45, 2.75) is 60.3 Å². The number of aromatic amines is 1. The van der Waals surface area contributed by atoms with Crippen LogP contribution in [0.1, 0.15) is 58.9 Å². The Bertz CT molecular complexity index is 688. The van der Waals surface area contributed by atoms with Gasteiger partial charge >= 0.3 is 0 Å². The highest BCUT2D eigenvalue weighted by Crippen LogP contribution is 2.31. The van der Waals surface area contributed by atoms with Crippen LogP contribution in [0.2, 0.25) is 5.02 Å². The summed E-state index contributed by atoms with van der Waals surface area (Å²) in [5.74, 6) is 1.30. The fourth-order valence-electron chi connectivity index (χ4n) is 2.81. The van der Waals surface area contributed by atoms with Gasteiger partial charge in [-0.25, -0.2) is 0 Å². The third-order valence-electron chi connectivity index (χ3n) is 4.03. The molecule has 0 bridgehead atoms. The largest absolute Gasteiger partial charge is 0.492 e. The summed E-state index contributed by atoms with van der Waals surface area (Å²) in [5, 5.41) is 1.53. The summed E-state index contributed by atoms with van der Waals surface area (Å²) in [6.07, 6.45) is 5.07. The molecule has 2 aromatic rings. The predicted molar refractivity (Wildman–Crippen MR) is 104 cm³/mol. The maximum Gasteiger partial charge on any atom is 0.251 e. The summed E-state index contributed by atoms with van der Waals surface area (Å²) in [6.45, 7) is 10.5. The Morgan fingerprint density at radius 3 is 2.38 bits per heavy atom. The molecule has 1 aromatic heterocycles. The molecule has 0 radical (unpaired) electrons. The lowest BCUT2D eigenvalue weighted by Crippen LogP contribution is -2.10. The average Bonchev–Trinajstić information content (AvgIpc) is 3.12. The monoisotopic (exact) mass is 351 g/mol. The van der Waals surface area contributed by atoms with Crippen molar-refractivity contribution in [1.29, 1.82) is 0 Å². The lowest BCUT2D eigenvalue weighted by atomic mass is 10.1. The first-order valence-corrected chi connectivity index (χ1v) is 9.47. The maximum atomic E-state index is 11.7.